The number of phenols is 2. The molecule has 0 aliphatic carbocycles. The Kier molecular flexibility index (Phi) is 4.94. The molecular weight excluding hydrogens is 280 g/mol. The molecule has 4 heteroatoms. The van der Waals surface area contributed by atoms with Crippen LogP contribution in [0.15, 0.2) is 42.5 Å². The maximum absolute atomic E-state index is 12.1. The molecule has 0 fully saturated rings. The van der Waals surface area contributed by atoms with Crippen LogP contribution in [0.3, 0.4) is 0 Å². The Morgan fingerprint density at radius 3 is 2.23 bits per heavy atom. The molecule has 0 radical (unpaired) electrons. The average Bonchev–Trinajstić information content (AvgIpc) is 2.48. The van der Waals surface area contributed by atoms with Crippen LogP contribution < -0.4 is 0 Å². The monoisotopic (exact) mass is 298 g/mol. The molecular formula is C18H18O4. The first kappa shape index (κ1) is 15.8. The predicted octanol–water partition coefficient (Wildman–Crippen LogP) is 3.51. The Morgan fingerprint density at radius 2 is 1.64 bits per heavy atom. The van der Waals surface area contributed by atoms with Crippen molar-refractivity contribution in [1.29, 1.82) is 0 Å². The van der Waals surface area contributed by atoms with Gasteiger partial charge in [-0.2, -0.15) is 0 Å². The van der Waals surface area contributed by atoms with Crippen LogP contribution in [0, 0.1) is 0 Å². The molecule has 2 N–H and O–H groups in total. The van der Waals surface area contributed by atoms with Crippen molar-refractivity contribution in [2.24, 2.45) is 0 Å². The Balaban J connectivity index is 2.09. The molecule has 0 saturated heterocycles. The first-order valence-corrected chi connectivity index (χ1v) is 7.18. The Hall–Kier alpha value is -2.62. The number of hydrogen-bond acceptors (Lipinski definition) is 4. The van der Waals surface area contributed by atoms with E-state index in [1.54, 1.807) is 12.1 Å². The number of rotatable bonds is 6. The highest BCUT2D eigenvalue weighted by atomic mass is 16.3. The molecule has 0 aromatic heterocycles. The molecule has 0 unspecified atom stereocenters. The van der Waals surface area contributed by atoms with Gasteiger partial charge in [-0.05, 0) is 24.1 Å². The lowest BCUT2D eigenvalue weighted by Gasteiger charge is -2.05. The van der Waals surface area contributed by atoms with E-state index in [4.69, 9.17) is 0 Å². The molecule has 0 aliphatic rings. The Labute approximate surface area is 129 Å². The van der Waals surface area contributed by atoms with E-state index in [0.29, 0.717) is 5.56 Å². The standard InChI is InChI=1S/C18H18O4/c1-2-3-12-4-6-13(7-5-12)16(20)11-18(22)15-9-8-14(19)10-17(15)21/h4-10,19,21H,2-3,11H2,1H3. The summed E-state index contributed by atoms with van der Waals surface area (Å²) in [4.78, 5) is 24.2. The van der Waals surface area contributed by atoms with E-state index in [2.05, 4.69) is 6.92 Å². The minimum Gasteiger partial charge on any atom is -0.508 e. The fraction of sp³-hybridized carbons (Fsp3) is 0.222. The predicted molar refractivity (Wildman–Crippen MR) is 83.5 cm³/mol. The fourth-order valence-electron chi connectivity index (χ4n) is 2.24. The zero-order valence-corrected chi connectivity index (χ0v) is 12.4. The van der Waals surface area contributed by atoms with E-state index in [0.717, 1.165) is 24.5 Å². The van der Waals surface area contributed by atoms with E-state index in [1.807, 2.05) is 12.1 Å². The summed E-state index contributed by atoms with van der Waals surface area (Å²) in [6.45, 7) is 2.09. The van der Waals surface area contributed by atoms with Crippen LogP contribution >= 0.6 is 0 Å². The third kappa shape index (κ3) is 3.73. The van der Waals surface area contributed by atoms with Gasteiger partial charge in [-0.1, -0.05) is 37.6 Å². The highest BCUT2D eigenvalue weighted by Crippen LogP contribution is 2.24. The third-order valence-electron chi connectivity index (χ3n) is 3.42. The number of benzene rings is 2. The normalized spacial score (nSPS) is 10.4. The summed E-state index contributed by atoms with van der Waals surface area (Å²) in [5, 5.41) is 18.9. The van der Waals surface area contributed by atoms with Crippen molar-refractivity contribution in [3.8, 4) is 11.5 Å². The molecule has 2 rings (SSSR count). The highest BCUT2D eigenvalue weighted by Gasteiger charge is 2.17. The van der Waals surface area contributed by atoms with Crippen LogP contribution in [-0.2, 0) is 6.42 Å². The van der Waals surface area contributed by atoms with Crippen molar-refractivity contribution in [3.05, 3.63) is 59.2 Å². The number of aromatic hydroxyl groups is 2. The van der Waals surface area contributed by atoms with Gasteiger partial charge in [-0.3, -0.25) is 9.59 Å². The van der Waals surface area contributed by atoms with Crippen LogP contribution in [0.25, 0.3) is 0 Å². The average molecular weight is 298 g/mol. The SMILES string of the molecule is CCCc1ccc(C(=O)CC(=O)c2ccc(O)cc2O)cc1. The summed E-state index contributed by atoms with van der Waals surface area (Å²) in [7, 11) is 0. The van der Waals surface area contributed by atoms with E-state index in [1.165, 1.54) is 12.1 Å². The number of carbonyl (C=O) groups is 2. The molecule has 0 saturated carbocycles. The molecule has 0 atom stereocenters. The van der Waals surface area contributed by atoms with Gasteiger partial charge in [-0.15, -0.1) is 0 Å². The van der Waals surface area contributed by atoms with Crippen LogP contribution in [0.2, 0.25) is 0 Å². The van der Waals surface area contributed by atoms with Crippen molar-refractivity contribution < 1.29 is 19.8 Å². The van der Waals surface area contributed by atoms with E-state index < -0.39 is 5.78 Å². The van der Waals surface area contributed by atoms with Crippen molar-refractivity contribution >= 4 is 11.6 Å². The van der Waals surface area contributed by atoms with Gasteiger partial charge in [0.05, 0.1) is 12.0 Å². The lowest BCUT2D eigenvalue weighted by Crippen LogP contribution is -2.09. The number of hydrogen-bond donors (Lipinski definition) is 2. The first-order chi connectivity index (χ1) is 10.5. The number of phenolic OH excluding ortho intramolecular Hbond substituents is 2. The lowest BCUT2D eigenvalue weighted by molar-refractivity contribution is 0.0893. The lowest BCUT2D eigenvalue weighted by atomic mass is 9.99. The van der Waals surface area contributed by atoms with Gasteiger partial charge >= 0.3 is 0 Å². The van der Waals surface area contributed by atoms with Crippen molar-refractivity contribution in [2.45, 2.75) is 26.2 Å². The maximum Gasteiger partial charge on any atom is 0.174 e. The van der Waals surface area contributed by atoms with Crippen LogP contribution in [0.1, 0.15) is 46.0 Å². The summed E-state index contributed by atoms with van der Waals surface area (Å²) < 4.78 is 0. The molecule has 0 spiro atoms. The molecule has 0 heterocycles. The Bertz CT molecular complexity index is 687. The van der Waals surface area contributed by atoms with Gasteiger partial charge in [0.15, 0.2) is 11.6 Å². The summed E-state index contributed by atoms with van der Waals surface area (Å²) in [5.41, 5.74) is 1.67. The van der Waals surface area contributed by atoms with Gasteiger partial charge in [-0.25, -0.2) is 0 Å². The Morgan fingerprint density at radius 1 is 0.955 bits per heavy atom. The second-order valence-corrected chi connectivity index (χ2v) is 5.17. The second-order valence-electron chi connectivity index (χ2n) is 5.17. The van der Waals surface area contributed by atoms with Gasteiger partial charge in [0.2, 0.25) is 0 Å². The summed E-state index contributed by atoms with van der Waals surface area (Å²) in [5.74, 6) is -1.22. The minimum absolute atomic E-state index is 0.0359. The van der Waals surface area contributed by atoms with Gasteiger partial charge in [0.25, 0.3) is 0 Å². The summed E-state index contributed by atoms with van der Waals surface area (Å²) >= 11 is 0. The zero-order chi connectivity index (χ0) is 16.1. The molecule has 114 valence electrons. The van der Waals surface area contributed by atoms with Crippen molar-refractivity contribution in [3.63, 3.8) is 0 Å². The molecule has 0 bridgehead atoms. The minimum atomic E-state index is -0.472. The first-order valence-electron chi connectivity index (χ1n) is 7.18. The van der Waals surface area contributed by atoms with E-state index >= 15 is 0 Å². The number of Topliss-reactive ketones (excluding diaryl/α,β-unsaturated/α-hetero) is 2. The smallest absolute Gasteiger partial charge is 0.174 e. The summed E-state index contributed by atoms with van der Waals surface area (Å²) in [6.07, 6.45) is 1.67. The topological polar surface area (TPSA) is 74.6 Å². The van der Waals surface area contributed by atoms with Crippen LogP contribution in [0.4, 0.5) is 0 Å². The zero-order valence-electron chi connectivity index (χ0n) is 12.4. The maximum atomic E-state index is 12.1. The fourth-order valence-corrected chi connectivity index (χ4v) is 2.24. The van der Waals surface area contributed by atoms with Crippen molar-refractivity contribution in [2.75, 3.05) is 0 Å². The third-order valence-corrected chi connectivity index (χ3v) is 3.42. The molecule has 2 aromatic carbocycles. The van der Waals surface area contributed by atoms with E-state index in [-0.39, 0.29) is 29.3 Å². The number of aryl methyl sites for hydroxylation is 1. The highest BCUT2D eigenvalue weighted by molar-refractivity contribution is 6.14. The molecule has 0 amide bonds. The second kappa shape index (κ2) is 6.89. The van der Waals surface area contributed by atoms with Crippen LogP contribution in [-0.4, -0.2) is 21.8 Å². The quantitative estimate of drug-likeness (QED) is 0.632. The molecule has 22 heavy (non-hydrogen) atoms. The van der Waals surface area contributed by atoms with E-state index in [9.17, 15) is 19.8 Å². The molecule has 2 aromatic rings. The number of ketones is 2. The number of carbonyl (C=O) groups excluding carboxylic acids is 2. The largest absolute Gasteiger partial charge is 0.508 e. The molecule has 4 nitrogen and oxygen atoms in total. The van der Waals surface area contributed by atoms with Crippen LogP contribution in [0.5, 0.6) is 11.5 Å². The van der Waals surface area contributed by atoms with Gasteiger partial charge in [0, 0.05) is 11.6 Å². The van der Waals surface area contributed by atoms with Gasteiger partial charge in [0.1, 0.15) is 11.5 Å². The van der Waals surface area contributed by atoms with Gasteiger partial charge < -0.3 is 10.2 Å². The summed E-state index contributed by atoms with van der Waals surface area (Å²) in [6, 6.07) is 10.9. The molecule has 0 aliphatic heterocycles. The van der Waals surface area contributed by atoms with Crippen molar-refractivity contribution in [1.82, 2.24) is 0 Å².